The number of hydrogen-bond acceptors (Lipinski definition) is 4. The van der Waals surface area contributed by atoms with Crippen LogP contribution >= 0.6 is 11.8 Å². The smallest absolute Gasteiger partial charge is 0.233 e. The first-order valence-corrected chi connectivity index (χ1v) is 8.16. The van der Waals surface area contributed by atoms with Crippen LogP contribution in [0.3, 0.4) is 0 Å². The van der Waals surface area contributed by atoms with Crippen molar-refractivity contribution < 1.29 is 9.90 Å². The number of carbonyl (C=O) groups excluding carboxylic acids is 1. The van der Waals surface area contributed by atoms with Crippen molar-refractivity contribution in [3.05, 3.63) is 24.3 Å². The molecule has 0 spiro atoms. The Kier molecular flexibility index (Phi) is 5.13. The number of rotatable bonds is 4. The van der Waals surface area contributed by atoms with Gasteiger partial charge in [-0.25, -0.2) is 0 Å². The Hall–Kier alpha value is -1.67. The van der Waals surface area contributed by atoms with Gasteiger partial charge in [-0.3, -0.25) is 4.79 Å². The molecule has 1 aromatic rings. The van der Waals surface area contributed by atoms with Gasteiger partial charge in [0, 0.05) is 11.9 Å². The Labute approximate surface area is 129 Å². The van der Waals surface area contributed by atoms with Gasteiger partial charge in [-0.05, 0) is 37.1 Å². The third kappa shape index (κ3) is 3.70. The Balaban J connectivity index is 1.95. The van der Waals surface area contributed by atoms with Gasteiger partial charge in [-0.1, -0.05) is 19.3 Å². The van der Waals surface area contributed by atoms with Crippen molar-refractivity contribution in [2.24, 2.45) is 0 Å². The molecule has 1 N–H and O–H groups in total. The average molecular weight is 304 g/mol. The Morgan fingerprint density at radius 1 is 1.33 bits per heavy atom. The number of thioether (sulfide) groups is 1. The lowest BCUT2D eigenvalue weighted by molar-refractivity contribution is -0.131. The first-order valence-electron chi connectivity index (χ1n) is 7.17. The van der Waals surface area contributed by atoms with Crippen molar-refractivity contribution in [2.75, 3.05) is 12.8 Å². The van der Waals surface area contributed by atoms with Crippen molar-refractivity contribution in [1.29, 1.82) is 5.26 Å². The van der Waals surface area contributed by atoms with E-state index in [1.807, 2.05) is 0 Å². The molecule has 1 amide bonds. The maximum Gasteiger partial charge on any atom is 0.233 e. The Morgan fingerprint density at radius 2 is 1.95 bits per heavy atom. The highest BCUT2D eigenvalue weighted by molar-refractivity contribution is 8.00. The summed E-state index contributed by atoms with van der Waals surface area (Å²) in [5.74, 6) is 0.509. The van der Waals surface area contributed by atoms with E-state index in [2.05, 4.69) is 6.07 Å². The number of hydrogen-bond donors (Lipinski definition) is 1. The van der Waals surface area contributed by atoms with E-state index in [1.54, 1.807) is 36.2 Å². The van der Waals surface area contributed by atoms with Crippen LogP contribution in [0.25, 0.3) is 0 Å². The quantitative estimate of drug-likeness (QED) is 0.868. The van der Waals surface area contributed by atoms with E-state index in [-0.39, 0.29) is 11.7 Å². The number of nitriles is 1. The van der Waals surface area contributed by atoms with Crippen LogP contribution in [0.15, 0.2) is 29.2 Å². The number of phenolic OH excluding ortho intramolecular Hbond substituents is 1. The monoisotopic (exact) mass is 304 g/mol. The van der Waals surface area contributed by atoms with Gasteiger partial charge in [0.15, 0.2) is 0 Å². The van der Waals surface area contributed by atoms with Gasteiger partial charge in [-0.15, -0.1) is 11.8 Å². The van der Waals surface area contributed by atoms with Crippen LogP contribution in [0.5, 0.6) is 5.75 Å². The fraction of sp³-hybridized carbons (Fsp3) is 0.500. The lowest BCUT2D eigenvalue weighted by Gasteiger charge is -2.39. The molecule has 1 aromatic carbocycles. The number of benzene rings is 1. The van der Waals surface area contributed by atoms with E-state index < -0.39 is 5.54 Å². The van der Waals surface area contributed by atoms with E-state index in [0.717, 1.165) is 37.0 Å². The summed E-state index contributed by atoms with van der Waals surface area (Å²) in [6.07, 6.45) is 4.71. The van der Waals surface area contributed by atoms with Crippen molar-refractivity contribution in [1.82, 2.24) is 4.90 Å². The summed E-state index contributed by atoms with van der Waals surface area (Å²) in [6, 6.07) is 9.15. The molecule has 21 heavy (non-hydrogen) atoms. The second kappa shape index (κ2) is 6.86. The predicted octanol–water partition coefficient (Wildman–Crippen LogP) is 3.17. The predicted molar refractivity (Wildman–Crippen MR) is 83.0 cm³/mol. The van der Waals surface area contributed by atoms with Crippen molar-refractivity contribution in [3.63, 3.8) is 0 Å². The lowest BCUT2D eigenvalue weighted by atomic mass is 9.81. The molecular formula is C16H20N2O2S. The van der Waals surface area contributed by atoms with Gasteiger partial charge in [0.25, 0.3) is 0 Å². The molecule has 112 valence electrons. The summed E-state index contributed by atoms with van der Waals surface area (Å²) >= 11 is 1.43. The second-order valence-electron chi connectivity index (χ2n) is 5.44. The minimum Gasteiger partial charge on any atom is -0.508 e. The molecule has 5 heteroatoms. The van der Waals surface area contributed by atoms with Crippen molar-refractivity contribution >= 4 is 17.7 Å². The first kappa shape index (κ1) is 15.7. The Bertz CT molecular complexity index is 530. The summed E-state index contributed by atoms with van der Waals surface area (Å²) in [5, 5.41) is 18.7. The van der Waals surface area contributed by atoms with Gasteiger partial charge in [-0.2, -0.15) is 5.26 Å². The minimum atomic E-state index is -0.620. The molecule has 0 heterocycles. The molecule has 0 saturated heterocycles. The van der Waals surface area contributed by atoms with Crippen LogP contribution in [0.1, 0.15) is 32.1 Å². The van der Waals surface area contributed by atoms with Gasteiger partial charge in [0.2, 0.25) is 5.91 Å². The molecule has 2 rings (SSSR count). The molecule has 1 aliphatic carbocycles. The van der Waals surface area contributed by atoms with Gasteiger partial charge in [0.1, 0.15) is 11.3 Å². The molecule has 1 fully saturated rings. The van der Waals surface area contributed by atoms with Crippen LogP contribution < -0.4 is 0 Å². The molecule has 1 saturated carbocycles. The Morgan fingerprint density at radius 3 is 2.52 bits per heavy atom. The molecule has 0 aromatic heterocycles. The molecule has 4 nitrogen and oxygen atoms in total. The van der Waals surface area contributed by atoms with E-state index >= 15 is 0 Å². The van der Waals surface area contributed by atoms with Gasteiger partial charge in [0.05, 0.1) is 11.8 Å². The fourth-order valence-electron chi connectivity index (χ4n) is 2.68. The van der Waals surface area contributed by atoms with Crippen molar-refractivity contribution in [2.45, 2.75) is 42.5 Å². The van der Waals surface area contributed by atoms with Crippen LogP contribution in [-0.4, -0.2) is 34.3 Å². The van der Waals surface area contributed by atoms with E-state index in [0.29, 0.717) is 5.75 Å². The van der Waals surface area contributed by atoms with E-state index in [4.69, 9.17) is 0 Å². The molecule has 0 atom stereocenters. The summed E-state index contributed by atoms with van der Waals surface area (Å²) in [7, 11) is 1.74. The zero-order valence-corrected chi connectivity index (χ0v) is 13.0. The standard InChI is InChI=1S/C16H20N2O2S/c1-18(16(12-17)9-3-2-4-10-16)15(20)11-21-14-7-5-13(19)6-8-14/h5-8,19H,2-4,9-11H2,1H3. The average Bonchev–Trinajstić information content (AvgIpc) is 2.54. The zero-order valence-electron chi connectivity index (χ0n) is 12.2. The molecule has 1 aliphatic rings. The number of aromatic hydroxyl groups is 1. The second-order valence-corrected chi connectivity index (χ2v) is 6.49. The number of phenols is 1. The molecule has 0 aliphatic heterocycles. The summed E-state index contributed by atoms with van der Waals surface area (Å²) in [5.41, 5.74) is -0.620. The third-order valence-corrected chi connectivity index (χ3v) is 5.10. The van der Waals surface area contributed by atoms with Crippen LogP contribution in [0.4, 0.5) is 0 Å². The lowest BCUT2D eigenvalue weighted by Crippen LogP contribution is -2.50. The third-order valence-electron chi connectivity index (χ3n) is 4.10. The highest BCUT2D eigenvalue weighted by Crippen LogP contribution is 2.33. The van der Waals surface area contributed by atoms with Crippen LogP contribution in [0, 0.1) is 11.3 Å². The zero-order chi connectivity index (χ0) is 15.3. The van der Waals surface area contributed by atoms with E-state index in [1.165, 1.54) is 11.8 Å². The van der Waals surface area contributed by atoms with Gasteiger partial charge >= 0.3 is 0 Å². The first-order chi connectivity index (χ1) is 10.1. The van der Waals surface area contributed by atoms with E-state index in [9.17, 15) is 15.2 Å². The summed E-state index contributed by atoms with van der Waals surface area (Å²) in [6.45, 7) is 0. The molecular weight excluding hydrogens is 284 g/mol. The van der Waals surface area contributed by atoms with Crippen LogP contribution in [-0.2, 0) is 4.79 Å². The molecule has 0 unspecified atom stereocenters. The molecule has 0 bridgehead atoms. The highest BCUT2D eigenvalue weighted by atomic mass is 32.2. The minimum absolute atomic E-state index is 0.0171. The van der Waals surface area contributed by atoms with Crippen LogP contribution in [0.2, 0.25) is 0 Å². The number of carbonyl (C=O) groups is 1. The summed E-state index contributed by atoms with van der Waals surface area (Å²) in [4.78, 5) is 14.9. The topological polar surface area (TPSA) is 64.3 Å². The van der Waals surface area contributed by atoms with Crippen molar-refractivity contribution in [3.8, 4) is 11.8 Å². The fourth-order valence-corrected chi connectivity index (χ4v) is 3.49. The maximum atomic E-state index is 12.4. The number of amides is 1. The highest BCUT2D eigenvalue weighted by Gasteiger charge is 2.38. The normalized spacial score (nSPS) is 17.0. The van der Waals surface area contributed by atoms with Gasteiger partial charge < -0.3 is 10.0 Å². The molecule has 0 radical (unpaired) electrons. The largest absolute Gasteiger partial charge is 0.508 e. The SMILES string of the molecule is CN(C(=O)CSc1ccc(O)cc1)C1(C#N)CCCCC1. The summed E-state index contributed by atoms with van der Waals surface area (Å²) < 4.78 is 0. The maximum absolute atomic E-state index is 12.4. The number of nitrogens with zero attached hydrogens (tertiary/aromatic N) is 2.